The first-order valence-electron chi connectivity index (χ1n) is 11.1. The highest BCUT2D eigenvalue weighted by molar-refractivity contribution is 7.10. The molecule has 1 amide bonds. The summed E-state index contributed by atoms with van der Waals surface area (Å²) in [5.41, 5.74) is 0.514. The van der Waals surface area contributed by atoms with Crippen LogP contribution in [0, 0.1) is 0 Å². The smallest absolute Gasteiger partial charge is 0.290 e. The second-order valence-corrected chi connectivity index (χ2v) is 8.86. The average Bonchev–Trinajstić information content (AvgIpc) is 3.56. The van der Waals surface area contributed by atoms with Gasteiger partial charge in [0.25, 0.3) is 5.91 Å². The molecular weight excluding hydrogens is 440 g/mol. The van der Waals surface area contributed by atoms with Gasteiger partial charge in [-0.05, 0) is 49.6 Å². The number of aliphatic hydroxyl groups excluding tert-OH is 1. The molecule has 1 aliphatic heterocycles. The number of benzene rings is 1. The van der Waals surface area contributed by atoms with Crippen molar-refractivity contribution in [1.82, 2.24) is 9.80 Å². The maximum Gasteiger partial charge on any atom is 0.290 e. The van der Waals surface area contributed by atoms with Gasteiger partial charge in [-0.25, -0.2) is 0 Å². The summed E-state index contributed by atoms with van der Waals surface area (Å²) in [5.74, 6) is -0.946. The van der Waals surface area contributed by atoms with Gasteiger partial charge in [0.15, 0.2) is 22.9 Å². The number of thiophene rings is 1. The van der Waals surface area contributed by atoms with Crippen LogP contribution in [0.4, 0.5) is 0 Å². The number of amides is 1. The van der Waals surface area contributed by atoms with E-state index in [2.05, 4.69) is 18.7 Å². The van der Waals surface area contributed by atoms with E-state index in [1.54, 1.807) is 17.0 Å². The van der Waals surface area contributed by atoms with Gasteiger partial charge in [0.2, 0.25) is 5.78 Å². The SMILES string of the molecule is CCN(CC)CCCN1C(=O)C(O)=C(C(=O)c2cc3cccc(OC)c3o2)[C@@H]1c1cccs1. The predicted molar refractivity (Wildman–Crippen MR) is 128 cm³/mol. The van der Waals surface area contributed by atoms with E-state index in [1.807, 2.05) is 29.6 Å². The standard InChI is InChI=1S/C25H28N2O5S/c1-4-26(5-2)12-8-13-27-21(19-11-7-14-33-19)20(23(29)25(27)30)22(28)18-15-16-9-6-10-17(31-3)24(16)32-18/h6-7,9-11,14-15,21,29H,4-5,8,12-13H2,1-3H3/t21-/m0/s1. The number of ether oxygens (including phenoxy) is 1. The van der Waals surface area contributed by atoms with Crippen LogP contribution in [0.5, 0.6) is 5.75 Å². The quantitative estimate of drug-likeness (QED) is 0.430. The topological polar surface area (TPSA) is 83.2 Å². The number of nitrogens with zero attached hydrogens (tertiary/aromatic N) is 2. The van der Waals surface area contributed by atoms with Crippen molar-refractivity contribution in [1.29, 1.82) is 0 Å². The van der Waals surface area contributed by atoms with E-state index < -0.39 is 23.5 Å². The van der Waals surface area contributed by atoms with E-state index in [0.29, 0.717) is 23.3 Å². The first-order valence-corrected chi connectivity index (χ1v) is 12.0. The highest BCUT2D eigenvalue weighted by Gasteiger charge is 2.44. The Bertz CT molecular complexity index is 1180. The monoisotopic (exact) mass is 468 g/mol. The van der Waals surface area contributed by atoms with Crippen LogP contribution in [0.25, 0.3) is 11.0 Å². The van der Waals surface area contributed by atoms with Gasteiger partial charge in [-0.1, -0.05) is 32.0 Å². The first-order chi connectivity index (χ1) is 16.0. The molecule has 0 radical (unpaired) electrons. The molecule has 4 rings (SSSR count). The molecule has 0 unspecified atom stereocenters. The maximum absolute atomic E-state index is 13.6. The van der Waals surface area contributed by atoms with Crippen LogP contribution >= 0.6 is 11.3 Å². The summed E-state index contributed by atoms with van der Waals surface area (Å²) in [6, 6.07) is 10.1. The minimum atomic E-state index is -0.642. The Kier molecular flexibility index (Phi) is 6.85. The molecule has 174 valence electrons. The average molecular weight is 469 g/mol. The molecule has 1 aromatic carbocycles. The maximum atomic E-state index is 13.6. The zero-order chi connectivity index (χ0) is 23.5. The fraction of sp³-hybridized carbons (Fsp3) is 0.360. The van der Waals surface area contributed by atoms with Gasteiger partial charge >= 0.3 is 0 Å². The number of para-hydroxylation sites is 1. The van der Waals surface area contributed by atoms with Crippen molar-refractivity contribution in [2.75, 3.05) is 33.3 Å². The summed E-state index contributed by atoms with van der Waals surface area (Å²) in [4.78, 5) is 31.3. The minimum Gasteiger partial charge on any atom is -0.503 e. The molecule has 0 saturated heterocycles. The number of carbonyl (C=O) groups is 2. The molecule has 3 aromatic rings. The van der Waals surface area contributed by atoms with Crippen LogP contribution in [-0.2, 0) is 4.79 Å². The number of aliphatic hydroxyl groups is 1. The number of ketones is 1. The highest BCUT2D eigenvalue weighted by Crippen LogP contribution is 2.41. The second kappa shape index (κ2) is 9.80. The van der Waals surface area contributed by atoms with Crippen molar-refractivity contribution in [3.63, 3.8) is 0 Å². The summed E-state index contributed by atoms with van der Waals surface area (Å²) >= 11 is 1.45. The normalized spacial score (nSPS) is 16.4. The van der Waals surface area contributed by atoms with E-state index in [1.165, 1.54) is 18.4 Å². The third-order valence-corrected chi connectivity index (χ3v) is 7.01. The zero-order valence-corrected chi connectivity index (χ0v) is 19.9. The fourth-order valence-electron chi connectivity index (χ4n) is 4.31. The molecule has 1 N–H and O–H groups in total. The van der Waals surface area contributed by atoms with Crippen molar-refractivity contribution < 1.29 is 23.8 Å². The van der Waals surface area contributed by atoms with Crippen LogP contribution < -0.4 is 4.74 Å². The Morgan fingerprint density at radius 2 is 2.03 bits per heavy atom. The van der Waals surface area contributed by atoms with Crippen LogP contribution in [0.2, 0.25) is 0 Å². The van der Waals surface area contributed by atoms with Gasteiger partial charge in [-0.2, -0.15) is 0 Å². The summed E-state index contributed by atoms with van der Waals surface area (Å²) in [6.45, 7) is 7.34. The zero-order valence-electron chi connectivity index (χ0n) is 19.0. The fourth-order valence-corrected chi connectivity index (χ4v) is 5.15. The lowest BCUT2D eigenvalue weighted by atomic mass is 10.00. The third-order valence-electron chi connectivity index (χ3n) is 6.08. The lowest BCUT2D eigenvalue weighted by Gasteiger charge is -2.27. The molecule has 0 bridgehead atoms. The first kappa shape index (κ1) is 23.1. The van der Waals surface area contributed by atoms with Gasteiger partial charge < -0.3 is 24.1 Å². The number of Topliss-reactive ketones (excluding diaryl/α,β-unsaturated/α-hetero) is 1. The van der Waals surface area contributed by atoms with Crippen LogP contribution in [0.1, 0.15) is 41.7 Å². The third kappa shape index (κ3) is 4.28. The van der Waals surface area contributed by atoms with Crippen LogP contribution in [0.3, 0.4) is 0 Å². The Morgan fingerprint density at radius 1 is 1.24 bits per heavy atom. The second-order valence-electron chi connectivity index (χ2n) is 7.88. The predicted octanol–water partition coefficient (Wildman–Crippen LogP) is 4.81. The molecule has 0 saturated carbocycles. The number of hydrogen-bond donors (Lipinski definition) is 1. The van der Waals surface area contributed by atoms with Gasteiger partial charge in [-0.15, -0.1) is 11.3 Å². The number of methoxy groups -OCH3 is 1. The van der Waals surface area contributed by atoms with Crippen molar-refractivity contribution >= 4 is 34.0 Å². The molecule has 1 atom stereocenters. The van der Waals surface area contributed by atoms with E-state index in [0.717, 1.165) is 30.9 Å². The number of hydrogen-bond acceptors (Lipinski definition) is 7. The van der Waals surface area contributed by atoms with Gasteiger partial charge in [0, 0.05) is 16.8 Å². The van der Waals surface area contributed by atoms with Gasteiger partial charge in [0.05, 0.1) is 18.7 Å². The molecule has 1 aliphatic rings. The van der Waals surface area contributed by atoms with Gasteiger partial charge in [-0.3, -0.25) is 9.59 Å². The number of rotatable bonds is 10. The highest BCUT2D eigenvalue weighted by atomic mass is 32.1. The summed E-state index contributed by atoms with van der Waals surface area (Å²) in [7, 11) is 1.53. The minimum absolute atomic E-state index is 0.0586. The Labute approximate surface area is 196 Å². The molecular formula is C25H28N2O5S. The largest absolute Gasteiger partial charge is 0.503 e. The molecule has 0 fully saturated rings. The van der Waals surface area contributed by atoms with E-state index in [9.17, 15) is 14.7 Å². The van der Waals surface area contributed by atoms with Crippen LogP contribution in [0.15, 0.2) is 57.5 Å². The molecule has 2 aromatic heterocycles. The van der Waals surface area contributed by atoms with E-state index in [4.69, 9.17) is 9.15 Å². The van der Waals surface area contributed by atoms with Crippen molar-refractivity contribution in [3.05, 3.63) is 63.7 Å². The van der Waals surface area contributed by atoms with Crippen LogP contribution in [-0.4, -0.2) is 59.9 Å². The molecule has 3 heterocycles. The molecule has 7 nitrogen and oxygen atoms in total. The summed E-state index contributed by atoms with van der Waals surface area (Å²) in [5, 5.41) is 13.4. The van der Waals surface area contributed by atoms with Crippen molar-refractivity contribution in [2.45, 2.75) is 26.3 Å². The number of furan rings is 1. The molecule has 0 aliphatic carbocycles. The van der Waals surface area contributed by atoms with E-state index >= 15 is 0 Å². The Morgan fingerprint density at radius 3 is 2.70 bits per heavy atom. The lowest BCUT2D eigenvalue weighted by molar-refractivity contribution is -0.129. The molecule has 0 spiro atoms. The number of fused-ring (bicyclic) bond motifs is 1. The van der Waals surface area contributed by atoms with Crippen molar-refractivity contribution in [3.8, 4) is 5.75 Å². The van der Waals surface area contributed by atoms with Gasteiger partial charge in [0.1, 0.15) is 0 Å². The Hall–Kier alpha value is -3.10. The summed E-state index contributed by atoms with van der Waals surface area (Å²) in [6.07, 6.45) is 0.742. The van der Waals surface area contributed by atoms with Crippen molar-refractivity contribution in [2.24, 2.45) is 0 Å². The molecule has 33 heavy (non-hydrogen) atoms. The lowest BCUT2D eigenvalue weighted by Crippen LogP contribution is -2.34. The van der Waals surface area contributed by atoms with E-state index in [-0.39, 0.29) is 11.3 Å². The molecule has 8 heteroatoms. The Balaban J connectivity index is 1.67. The summed E-state index contributed by atoms with van der Waals surface area (Å²) < 4.78 is 11.2. The number of carbonyl (C=O) groups excluding carboxylic acids is 2.